The molecule has 15 heavy (non-hydrogen) atoms. The van der Waals surface area contributed by atoms with Crippen LogP contribution in [-0.2, 0) is 0 Å². The summed E-state index contributed by atoms with van der Waals surface area (Å²) >= 11 is 5.54. The third-order valence-corrected chi connectivity index (χ3v) is 3.12. The Hall–Kier alpha value is -0.890. The molecule has 0 aromatic carbocycles. The summed E-state index contributed by atoms with van der Waals surface area (Å²) in [5.41, 5.74) is 2.06. The first-order valence-corrected chi connectivity index (χ1v) is 5.55. The predicted molar refractivity (Wildman–Crippen MR) is 60.2 cm³/mol. The molecule has 0 aliphatic heterocycles. The van der Waals surface area contributed by atoms with E-state index >= 15 is 0 Å². The third kappa shape index (κ3) is 2.37. The fraction of sp³-hybridized carbons (Fsp3) is 0.417. The third-order valence-electron chi connectivity index (χ3n) is 2.84. The Morgan fingerprint density at radius 1 is 1.53 bits per heavy atom. The molecule has 0 radical (unpaired) electrons. The largest absolute Gasteiger partial charge is 0.241 e. The van der Waals surface area contributed by atoms with E-state index in [2.05, 4.69) is 18.0 Å². The first-order chi connectivity index (χ1) is 7.16. The smallest absolute Gasteiger partial charge is 0.164 e. The van der Waals surface area contributed by atoms with E-state index in [-0.39, 0.29) is 5.15 Å². The van der Waals surface area contributed by atoms with Gasteiger partial charge in [0.25, 0.3) is 0 Å². The normalized spacial score (nSPS) is 21.3. The van der Waals surface area contributed by atoms with Crippen molar-refractivity contribution in [1.82, 2.24) is 4.98 Å². The molecule has 2 rings (SSSR count). The zero-order valence-corrected chi connectivity index (χ0v) is 9.39. The first-order valence-electron chi connectivity index (χ1n) is 5.17. The molecule has 0 bridgehead atoms. The zero-order valence-electron chi connectivity index (χ0n) is 8.63. The van der Waals surface area contributed by atoms with Gasteiger partial charge in [-0.1, -0.05) is 24.6 Å². The molecular formula is C12H13ClFN. The molecule has 0 saturated carbocycles. The SMILES string of the molecule is CC1CC=C(c2cnc(Cl)c(F)c2)CC1. The first kappa shape index (κ1) is 10.6. The van der Waals surface area contributed by atoms with E-state index in [9.17, 15) is 4.39 Å². The second kappa shape index (κ2) is 4.31. The lowest BCUT2D eigenvalue weighted by Crippen LogP contribution is -2.01. The fourth-order valence-electron chi connectivity index (χ4n) is 1.82. The Balaban J connectivity index is 2.26. The maximum Gasteiger partial charge on any atom is 0.164 e. The average Bonchev–Trinajstić information content (AvgIpc) is 2.23. The van der Waals surface area contributed by atoms with Crippen molar-refractivity contribution in [3.63, 3.8) is 0 Å². The number of hydrogen-bond donors (Lipinski definition) is 0. The number of hydrogen-bond acceptors (Lipinski definition) is 1. The van der Waals surface area contributed by atoms with Gasteiger partial charge in [-0.15, -0.1) is 0 Å². The Kier molecular flexibility index (Phi) is 3.06. The summed E-state index contributed by atoms with van der Waals surface area (Å²) in [5.74, 6) is 0.299. The standard InChI is InChI=1S/C12H13ClFN/c1-8-2-4-9(5-3-8)10-6-11(14)12(13)15-7-10/h4,6-8H,2-3,5H2,1H3. The quantitative estimate of drug-likeness (QED) is 0.657. The monoisotopic (exact) mass is 225 g/mol. The summed E-state index contributed by atoms with van der Waals surface area (Å²) in [7, 11) is 0. The van der Waals surface area contributed by atoms with Gasteiger partial charge < -0.3 is 0 Å². The van der Waals surface area contributed by atoms with Crippen LogP contribution in [0.25, 0.3) is 5.57 Å². The number of nitrogens with zero attached hydrogens (tertiary/aromatic N) is 1. The minimum atomic E-state index is -0.436. The summed E-state index contributed by atoms with van der Waals surface area (Å²) in [6, 6.07) is 1.47. The molecule has 1 atom stereocenters. The lowest BCUT2D eigenvalue weighted by Gasteiger charge is -2.18. The molecule has 0 spiro atoms. The Labute approximate surface area is 94.0 Å². The van der Waals surface area contributed by atoms with Crippen molar-refractivity contribution in [2.45, 2.75) is 26.2 Å². The number of pyridine rings is 1. The van der Waals surface area contributed by atoms with Crippen molar-refractivity contribution in [2.24, 2.45) is 5.92 Å². The molecule has 0 amide bonds. The minimum absolute atomic E-state index is 0.0523. The molecule has 1 aromatic heterocycles. The van der Waals surface area contributed by atoms with Gasteiger partial charge in [-0.3, -0.25) is 0 Å². The van der Waals surface area contributed by atoms with Crippen molar-refractivity contribution in [3.8, 4) is 0 Å². The molecule has 80 valence electrons. The van der Waals surface area contributed by atoms with Crippen LogP contribution in [0.3, 0.4) is 0 Å². The predicted octanol–water partition coefficient (Wildman–Crippen LogP) is 4.08. The second-order valence-electron chi connectivity index (χ2n) is 4.11. The van der Waals surface area contributed by atoms with Gasteiger partial charge in [0, 0.05) is 6.20 Å². The summed E-state index contributed by atoms with van der Waals surface area (Å²) in [6.07, 6.45) is 7.06. The molecule has 0 N–H and O–H groups in total. The molecule has 1 heterocycles. The Morgan fingerprint density at radius 2 is 2.33 bits per heavy atom. The van der Waals surface area contributed by atoms with Crippen LogP contribution >= 0.6 is 11.6 Å². The number of allylic oxidation sites excluding steroid dienone is 2. The minimum Gasteiger partial charge on any atom is -0.241 e. The van der Waals surface area contributed by atoms with E-state index in [0.717, 1.165) is 30.7 Å². The molecule has 1 aliphatic carbocycles. The second-order valence-corrected chi connectivity index (χ2v) is 4.46. The molecule has 1 unspecified atom stereocenters. The molecule has 1 nitrogen and oxygen atoms in total. The molecular weight excluding hydrogens is 213 g/mol. The van der Waals surface area contributed by atoms with Gasteiger partial charge in [-0.2, -0.15) is 0 Å². The van der Waals surface area contributed by atoms with Crippen molar-refractivity contribution in [3.05, 3.63) is 34.9 Å². The topological polar surface area (TPSA) is 12.9 Å². The summed E-state index contributed by atoms with van der Waals surface area (Å²) in [5, 5.41) is -0.0523. The fourth-order valence-corrected chi connectivity index (χ4v) is 1.93. The summed E-state index contributed by atoms with van der Waals surface area (Å²) < 4.78 is 13.2. The number of halogens is 2. The highest BCUT2D eigenvalue weighted by Gasteiger charge is 2.13. The van der Waals surface area contributed by atoms with E-state index in [4.69, 9.17) is 11.6 Å². The van der Waals surface area contributed by atoms with E-state index < -0.39 is 5.82 Å². The van der Waals surface area contributed by atoms with Gasteiger partial charge >= 0.3 is 0 Å². The van der Waals surface area contributed by atoms with Gasteiger partial charge in [-0.05, 0) is 42.4 Å². The van der Waals surface area contributed by atoms with Crippen LogP contribution in [0.1, 0.15) is 31.7 Å². The van der Waals surface area contributed by atoms with E-state index in [0.29, 0.717) is 0 Å². The maximum absolute atomic E-state index is 13.2. The van der Waals surface area contributed by atoms with Crippen molar-refractivity contribution in [2.75, 3.05) is 0 Å². The van der Waals surface area contributed by atoms with Crippen molar-refractivity contribution < 1.29 is 4.39 Å². The van der Waals surface area contributed by atoms with Crippen LogP contribution < -0.4 is 0 Å². The average molecular weight is 226 g/mol. The van der Waals surface area contributed by atoms with Crippen LogP contribution in [0.2, 0.25) is 5.15 Å². The van der Waals surface area contributed by atoms with Crippen LogP contribution in [0.4, 0.5) is 4.39 Å². The Bertz CT molecular complexity index is 401. The van der Waals surface area contributed by atoms with Crippen LogP contribution in [0.15, 0.2) is 18.3 Å². The van der Waals surface area contributed by atoms with Gasteiger partial charge in [0.15, 0.2) is 11.0 Å². The molecule has 0 fully saturated rings. The lowest BCUT2D eigenvalue weighted by molar-refractivity contribution is 0.533. The van der Waals surface area contributed by atoms with E-state index in [1.807, 2.05) is 0 Å². The Morgan fingerprint density at radius 3 is 2.93 bits per heavy atom. The molecule has 0 saturated heterocycles. The molecule has 3 heteroatoms. The maximum atomic E-state index is 13.2. The lowest BCUT2D eigenvalue weighted by atomic mass is 9.88. The number of rotatable bonds is 1. The van der Waals surface area contributed by atoms with Crippen molar-refractivity contribution >= 4 is 17.2 Å². The van der Waals surface area contributed by atoms with Gasteiger partial charge in [-0.25, -0.2) is 9.37 Å². The van der Waals surface area contributed by atoms with Crippen molar-refractivity contribution in [1.29, 1.82) is 0 Å². The number of aromatic nitrogens is 1. The highest BCUT2D eigenvalue weighted by atomic mass is 35.5. The summed E-state index contributed by atoms with van der Waals surface area (Å²) in [6.45, 7) is 2.23. The van der Waals surface area contributed by atoms with Crippen LogP contribution in [-0.4, -0.2) is 4.98 Å². The van der Waals surface area contributed by atoms with Gasteiger partial charge in [0.2, 0.25) is 0 Å². The summed E-state index contributed by atoms with van der Waals surface area (Å²) in [4.78, 5) is 3.82. The van der Waals surface area contributed by atoms with Gasteiger partial charge in [0.1, 0.15) is 0 Å². The van der Waals surface area contributed by atoms with E-state index in [1.165, 1.54) is 11.6 Å². The van der Waals surface area contributed by atoms with Crippen LogP contribution in [0, 0.1) is 11.7 Å². The van der Waals surface area contributed by atoms with Gasteiger partial charge in [0.05, 0.1) is 0 Å². The molecule has 1 aliphatic rings. The van der Waals surface area contributed by atoms with E-state index in [1.54, 1.807) is 6.20 Å². The highest BCUT2D eigenvalue weighted by molar-refractivity contribution is 6.29. The highest BCUT2D eigenvalue weighted by Crippen LogP contribution is 2.30. The van der Waals surface area contributed by atoms with Crippen LogP contribution in [0.5, 0.6) is 0 Å². The zero-order chi connectivity index (χ0) is 10.8. The molecule has 1 aromatic rings.